The quantitative estimate of drug-likeness (QED) is 0.327. The summed E-state index contributed by atoms with van der Waals surface area (Å²) in [7, 11) is 2.90. The lowest BCUT2D eigenvalue weighted by atomic mass is 11.0. The van der Waals surface area contributed by atoms with Gasteiger partial charge in [0, 0.05) is 7.05 Å². The third-order valence-corrected chi connectivity index (χ3v) is 0.997. The molecule has 0 aromatic rings. The first kappa shape index (κ1) is 8.96. The van der Waals surface area contributed by atoms with Crippen molar-refractivity contribution >= 4 is 23.4 Å². The lowest BCUT2D eigenvalue weighted by molar-refractivity contribution is 0.168. The Labute approximate surface area is 64.1 Å². The van der Waals surface area contributed by atoms with E-state index in [9.17, 15) is 4.79 Å². The van der Waals surface area contributed by atoms with Gasteiger partial charge in [-0.3, -0.25) is 5.43 Å². The summed E-state index contributed by atoms with van der Waals surface area (Å²) in [6, 6.07) is 0. The molecule has 0 aromatic heterocycles. The van der Waals surface area contributed by atoms with Crippen molar-refractivity contribution in [3.63, 3.8) is 0 Å². The molecule has 0 radical (unpaired) electrons. The van der Waals surface area contributed by atoms with Crippen LogP contribution in [-0.4, -0.2) is 25.4 Å². The standard InChI is InChI=1S/C4H9N3O2S/c1-5-3(10)6-7-4(8)9-2/h1-2H3,(H,7,8)(H2,5,6,10). The Morgan fingerprint density at radius 1 is 1.50 bits per heavy atom. The molecule has 10 heavy (non-hydrogen) atoms. The predicted molar refractivity (Wildman–Crippen MR) is 40.3 cm³/mol. The van der Waals surface area contributed by atoms with Gasteiger partial charge in [-0.2, -0.15) is 0 Å². The lowest BCUT2D eigenvalue weighted by Gasteiger charge is -2.06. The summed E-state index contributed by atoms with van der Waals surface area (Å²) in [6.45, 7) is 0. The largest absolute Gasteiger partial charge is 0.452 e. The Morgan fingerprint density at radius 3 is 2.50 bits per heavy atom. The van der Waals surface area contributed by atoms with E-state index in [1.165, 1.54) is 7.11 Å². The number of ether oxygens (including phenoxy) is 1. The summed E-state index contributed by atoms with van der Waals surface area (Å²) >= 11 is 4.63. The molecule has 3 N–H and O–H groups in total. The minimum Gasteiger partial charge on any atom is -0.452 e. The number of nitrogens with one attached hydrogen (secondary N) is 3. The molecule has 58 valence electrons. The van der Waals surface area contributed by atoms with Crippen molar-refractivity contribution in [3.8, 4) is 0 Å². The van der Waals surface area contributed by atoms with Crippen LogP contribution in [0.25, 0.3) is 0 Å². The van der Waals surface area contributed by atoms with Crippen LogP contribution in [0.1, 0.15) is 0 Å². The van der Waals surface area contributed by atoms with Gasteiger partial charge in [0.2, 0.25) is 0 Å². The molecule has 0 rings (SSSR count). The number of hydrogen-bond donors (Lipinski definition) is 3. The van der Waals surface area contributed by atoms with Crippen LogP contribution in [0.3, 0.4) is 0 Å². The molecule has 0 saturated heterocycles. The third-order valence-electron chi connectivity index (χ3n) is 0.691. The Balaban J connectivity index is 3.35. The first-order valence-electron chi connectivity index (χ1n) is 2.52. The van der Waals surface area contributed by atoms with Gasteiger partial charge in [0.05, 0.1) is 7.11 Å². The molecule has 0 spiro atoms. The van der Waals surface area contributed by atoms with Gasteiger partial charge in [-0.25, -0.2) is 10.2 Å². The minimum atomic E-state index is -0.586. The highest BCUT2D eigenvalue weighted by molar-refractivity contribution is 7.80. The van der Waals surface area contributed by atoms with Crippen LogP contribution in [0.5, 0.6) is 0 Å². The molecule has 1 amide bonds. The average Bonchev–Trinajstić information content (AvgIpc) is 1.99. The molecule has 0 saturated carbocycles. The second kappa shape index (κ2) is 4.80. The number of thiocarbonyl (C=S) groups is 1. The number of carbonyl (C=O) groups excluding carboxylic acids is 1. The second-order valence-electron chi connectivity index (χ2n) is 1.32. The molecule has 0 atom stereocenters. The monoisotopic (exact) mass is 163 g/mol. The first-order valence-corrected chi connectivity index (χ1v) is 2.93. The first-order chi connectivity index (χ1) is 4.70. The van der Waals surface area contributed by atoms with E-state index in [0.717, 1.165) is 0 Å². The van der Waals surface area contributed by atoms with Crippen LogP contribution >= 0.6 is 12.2 Å². The summed E-state index contributed by atoms with van der Waals surface area (Å²) < 4.78 is 4.25. The summed E-state index contributed by atoms with van der Waals surface area (Å²) in [5.41, 5.74) is 4.55. The van der Waals surface area contributed by atoms with Crippen molar-refractivity contribution in [3.05, 3.63) is 0 Å². The fraction of sp³-hybridized carbons (Fsp3) is 0.500. The zero-order valence-corrected chi connectivity index (χ0v) is 6.54. The van der Waals surface area contributed by atoms with Crippen LogP contribution in [0.2, 0.25) is 0 Å². The molecule has 0 aromatic carbocycles. The maximum atomic E-state index is 10.3. The minimum absolute atomic E-state index is 0.324. The van der Waals surface area contributed by atoms with Gasteiger partial charge < -0.3 is 10.1 Å². The number of methoxy groups -OCH3 is 1. The van der Waals surface area contributed by atoms with Crippen LogP contribution in [-0.2, 0) is 4.74 Å². The van der Waals surface area contributed by atoms with Crippen LogP contribution in [0, 0.1) is 0 Å². The SMILES string of the molecule is CNC(=S)NNC(=O)OC. The van der Waals surface area contributed by atoms with Crippen molar-refractivity contribution < 1.29 is 9.53 Å². The van der Waals surface area contributed by atoms with Gasteiger partial charge in [0.1, 0.15) is 0 Å². The van der Waals surface area contributed by atoms with Crippen LogP contribution in [0.4, 0.5) is 4.79 Å². The normalized spacial score (nSPS) is 7.80. The van der Waals surface area contributed by atoms with Crippen molar-refractivity contribution in [1.82, 2.24) is 16.2 Å². The summed E-state index contributed by atoms with van der Waals surface area (Å²) in [5.74, 6) is 0. The molecule has 0 aliphatic heterocycles. The van der Waals surface area contributed by atoms with Crippen molar-refractivity contribution in [2.75, 3.05) is 14.2 Å². The Bertz CT molecular complexity index is 122. The smallest absolute Gasteiger partial charge is 0.425 e. The maximum Gasteiger partial charge on any atom is 0.425 e. The van der Waals surface area contributed by atoms with E-state index in [4.69, 9.17) is 0 Å². The highest BCUT2D eigenvalue weighted by atomic mass is 32.1. The van der Waals surface area contributed by atoms with Crippen LogP contribution < -0.4 is 16.2 Å². The number of hydrazine groups is 1. The summed E-state index contributed by atoms with van der Waals surface area (Å²) in [4.78, 5) is 10.3. The van der Waals surface area contributed by atoms with Gasteiger partial charge in [0.15, 0.2) is 5.11 Å². The number of rotatable bonds is 0. The zero-order chi connectivity index (χ0) is 7.98. The van der Waals surface area contributed by atoms with Gasteiger partial charge in [-0.05, 0) is 12.2 Å². The molecular formula is C4H9N3O2S. The maximum absolute atomic E-state index is 10.3. The molecule has 0 bridgehead atoms. The van der Waals surface area contributed by atoms with E-state index in [1.54, 1.807) is 7.05 Å². The molecule has 0 aliphatic carbocycles. The number of hydrogen-bond acceptors (Lipinski definition) is 3. The molecule has 5 nitrogen and oxygen atoms in total. The van der Waals surface area contributed by atoms with E-state index in [2.05, 4.69) is 33.1 Å². The van der Waals surface area contributed by atoms with Gasteiger partial charge in [-0.15, -0.1) is 0 Å². The molecule has 6 heteroatoms. The fourth-order valence-electron chi connectivity index (χ4n) is 0.221. The topological polar surface area (TPSA) is 62.4 Å². The number of carbonyl (C=O) groups is 1. The van der Waals surface area contributed by atoms with Gasteiger partial charge in [0.25, 0.3) is 0 Å². The molecule has 0 heterocycles. The van der Waals surface area contributed by atoms with E-state index in [-0.39, 0.29) is 0 Å². The highest BCUT2D eigenvalue weighted by Crippen LogP contribution is 1.65. The van der Waals surface area contributed by atoms with Crippen LogP contribution in [0.15, 0.2) is 0 Å². The number of amides is 1. The average molecular weight is 163 g/mol. The molecule has 0 aliphatic rings. The zero-order valence-electron chi connectivity index (χ0n) is 5.72. The van der Waals surface area contributed by atoms with Crippen molar-refractivity contribution in [1.29, 1.82) is 0 Å². The van der Waals surface area contributed by atoms with Gasteiger partial charge >= 0.3 is 6.09 Å². The Kier molecular flexibility index (Phi) is 4.30. The Hall–Kier alpha value is -1.04. The second-order valence-corrected chi connectivity index (χ2v) is 1.73. The molecular weight excluding hydrogens is 154 g/mol. The van der Waals surface area contributed by atoms with E-state index >= 15 is 0 Å². The van der Waals surface area contributed by atoms with Gasteiger partial charge in [-0.1, -0.05) is 0 Å². The summed E-state index contributed by atoms with van der Waals surface area (Å²) in [5, 5.41) is 2.92. The predicted octanol–water partition coefficient (Wildman–Crippen LogP) is -0.649. The molecule has 0 unspecified atom stereocenters. The highest BCUT2D eigenvalue weighted by Gasteiger charge is 1.95. The molecule has 0 fully saturated rings. The lowest BCUT2D eigenvalue weighted by Crippen LogP contribution is -2.45. The van der Waals surface area contributed by atoms with E-state index in [0.29, 0.717) is 5.11 Å². The summed E-state index contributed by atoms with van der Waals surface area (Å²) in [6.07, 6.45) is -0.586. The van der Waals surface area contributed by atoms with Crippen molar-refractivity contribution in [2.45, 2.75) is 0 Å². The van der Waals surface area contributed by atoms with E-state index in [1.807, 2.05) is 0 Å². The van der Waals surface area contributed by atoms with E-state index < -0.39 is 6.09 Å². The Morgan fingerprint density at radius 2 is 2.10 bits per heavy atom. The fourth-order valence-corrected chi connectivity index (χ4v) is 0.272. The van der Waals surface area contributed by atoms with Crippen molar-refractivity contribution in [2.24, 2.45) is 0 Å². The third kappa shape index (κ3) is 3.90.